The van der Waals surface area contributed by atoms with Gasteiger partial charge in [-0.15, -0.1) is 0 Å². The molecule has 7 nitrogen and oxygen atoms in total. The Labute approximate surface area is 255 Å². The molecule has 1 N–H and O–H groups in total. The van der Waals surface area contributed by atoms with E-state index in [1.165, 1.54) is 17.0 Å². The predicted molar refractivity (Wildman–Crippen MR) is 171 cm³/mol. The maximum atomic E-state index is 14.5. The Hall–Kier alpha value is -4.43. The van der Waals surface area contributed by atoms with Gasteiger partial charge in [0, 0.05) is 18.5 Å². The first-order valence-corrected chi connectivity index (χ1v) is 15.7. The zero-order chi connectivity index (χ0) is 31.0. The van der Waals surface area contributed by atoms with E-state index in [-0.39, 0.29) is 23.8 Å². The van der Waals surface area contributed by atoms with E-state index in [2.05, 4.69) is 5.32 Å². The Morgan fingerprint density at radius 3 is 1.81 bits per heavy atom. The molecule has 0 bridgehead atoms. The van der Waals surface area contributed by atoms with E-state index in [0.29, 0.717) is 11.3 Å². The second-order valence-corrected chi connectivity index (χ2v) is 13.4. The van der Waals surface area contributed by atoms with Crippen molar-refractivity contribution in [1.29, 1.82) is 0 Å². The maximum Gasteiger partial charge on any atom is 0.264 e. The minimum Gasteiger partial charge on any atom is -0.350 e. The monoisotopic (exact) mass is 597 g/mol. The van der Waals surface area contributed by atoms with Crippen molar-refractivity contribution in [2.75, 3.05) is 10.8 Å². The van der Waals surface area contributed by atoms with Gasteiger partial charge in [-0.05, 0) is 62.6 Å². The lowest BCUT2D eigenvalue weighted by Crippen LogP contribution is -2.56. The van der Waals surface area contributed by atoms with Crippen molar-refractivity contribution in [2.45, 2.75) is 57.1 Å². The van der Waals surface area contributed by atoms with Crippen LogP contribution < -0.4 is 9.62 Å². The van der Waals surface area contributed by atoms with Gasteiger partial charge in [0.15, 0.2) is 0 Å². The summed E-state index contributed by atoms with van der Waals surface area (Å²) in [7, 11) is -4.13. The Kier molecular flexibility index (Phi) is 10.0. The van der Waals surface area contributed by atoms with E-state index in [9.17, 15) is 18.0 Å². The van der Waals surface area contributed by atoms with Crippen LogP contribution in [0.15, 0.2) is 120 Å². The molecule has 43 heavy (non-hydrogen) atoms. The van der Waals surface area contributed by atoms with E-state index in [0.717, 1.165) is 15.4 Å². The second kappa shape index (κ2) is 13.7. The van der Waals surface area contributed by atoms with Gasteiger partial charge in [0.1, 0.15) is 12.6 Å². The fourth-order valence-corrected chi connectivity index (χ4v) is 6.36. The largest absolute Gasteiger partial charge is 0.350 e. The molecular weight excluding hydrogens is 558 g/mol. The number of nitrogens with zero attached hydrogens (tertiary/aromatic N) is 2. The summed E-state index contributed by atoms with van der Waals surface area (Å²) in [6.45, 7) is 7.12. The first-order valence-electron chi connectivity index (χ1n) is 14.3. The summed E-state index contributed by atoms with van der Waals surface area (Å²) in [4.78, 5) is 29.9. The highest BCUT2D eigenvalue weighted by Gasteiger charge is 2.35. The van der Waals surface area contributed by atoms with Crippen LogP contribution in [0.4, 0.5) is 5.69 Å². The molecule has 1 atom stereocenters. The fourth-order valence-electron chi connectivity index (χ4n) is 4.86. The molecule has 4 rings (SSSR count). The third-order valence-electron chi connectivity index (χ3n) is 6.96. The molecular formula is C35H39N3O4S. The normalized spacial score (nSPS) is 12.3. The second-order valence-electron chi connectivity index (χ2n) is 11.6. The average Bonchev–Trinajstić information content (AvgIpc) is 2.98. The van der Waals surface area contributed by atoms with E-state index in [1.54, 1.807) is 30.3 Å². The summed E-state index contributed by atoms with van der Waals surface area (Å²) < 4.78 is 29.3. The van der Waals surface area contributed by atoms with Crippen LogP contribution in [0.5, 0.6) is 0 Å². The summed E-state index contributed by atoms with van der Waals surface area (Å²) >= 11 is 0. The number of sulfonamides is 1. The summed E-state index contributed by atoms with van der Waals surface area (Å²) in [5.41, 5.74) is 2.27. The third kappa shape index (κ3) is 8.32. The number of nitrogens with one attached hydrogen (secondary N) is 1. The summed E-state index contributed by atoms with van der Waals surface area (Å²) in [6.07, 6.45) is 0.261. The Bertz CT molecular complexity index is 1620. The van der Waals surface area contributed by atoms with Crippen LogP contribution in [0.2, 0.25) is 0 Å². The topological polar surface area (TPSA) is 86.8 Å². The van der Waals surface area contributed by atoms with Gasteiger partial charge in [-0.3, -0.25) is 13.9 Å². The number of aryl methyl sites for hydroxylation is 1. The summed E-state index contributed by atoms with van der Waals surface area (Å²) in [5.74, 6) is -0.800. The maximum absolute atomic E-state index is 14.5. The first kappa shape index (κ1) is 31.5. The molecule has 224 valence electrons. The van der Waals surface area contributed by atoms with Crippen LogP contribution in [0.25, 0.3) is 0 Å². The number of carbonyl (C=O) groups excluding carboxylic acids is 2. The minimum atomic E-state index is -4.13. The van der Waals surface area contributed by atoms with Crippen molar-refractivity contribution in [2.24, 2.45) is 0 Å². The quantitative estimate of drug-likeness (QED) is 0.239. The average molecular weight is 598 g/mol. The Morgan fingerprint density at radius 1 is 0.744 bits per heavy atom. The van der Waals surface area contributed by atoms with E-state index >= 15 is 0 Å². The first-order chi connectivity index (χ1) is 20.5. The molecule has 0 radical (unpaired) electrons. The van der Waals surface area contributed by atoms with Crippen LogP contribution in [-0.4, -0.2) is 43.3 Å². The molecule has 0 spiro atoms. The van der Waals surface area contributed by atoms with Crippen LogP contribution in [0, 0.1) is 6.92 Å². The lowest BCUT2D eigenvalue weighted by molar-refractivity contribution is -0.140. The van der Waals surface area contributed by atoms with E-state index < -0.39 is 34.1 Å². The van der Waals surface area contributed by atoms with Gasteiger partial charge in [0.2, 0.25) is 11.8 Å². The van der Waals surface area contributed by atoms with Crippen molar-refractivity contribution in [3.8, 4) is 0 Å². The SMILES string of the molecule is Cc1ccccc1N(CC(=O)N(Cc1ccccc1)C(Cc1ccccc1)C(=O)NC(C)(C)C)S(=O)(=O)c1ccccc1. The highest BCUT2D eigenvalue weighted by molar-refractivity contribution is 7.92. The molecule has 0 aromatic heterocycles. The number of anilines is 1. The molecule has 0 aliphatic carbocycles. The van der Waals surface area contributed by atoms with Crippen LogP contribution in [0.3, 0.4) is 0 Å². The van der Waals surface area contributed by atoms with Gasteiger partial charge in [0.25, 0.3) is 10.0 Å². The van der Waals surface area contributed by atoms with Gasteiger partial charge < -0.3 is 10.2 Å². The highest BCUT2D eigenvalue weighted by Crippen LogP contribution is 2.27. The smallest absolute Gasteiger partial charge is 0.264 e. The molecule has 2 amide bonds. The lowest BCUT2D eigenvalue weighted by Gasteiger charge is -2.35. The fraction of sp³-hybridized carbons (Fsp3) is 0.257. The Balaban J connectivity index is 1.81. The number of amides is 2. The zero-order valence-electron chi connectivity index (χ0n) is 25.1. The molecule has 1 unspecified atom stereocenters. The number of para-hydroxylation sites is 1. The van der Waals surface area contributed by atoms with Crippen molar-refractivity contribution in [3.05, 3.63) is 132 Å². The van der Waals surface area contributed by atoms with E-state index in [4.69, 9.17) is 0 Å². The molecule has 4 aromatic carbocycles. The number of hydrogen-bond donors (Lipinski definition) is 1. The third-order valence-corrected chi connectivity index (χ3v) is 8.73. The molecule has 0 saturated heterocycles. The summed E-state index contributed by atoms with van der Waals surface area (Å²) in [6, 6.07) is 33.2. The molecule has 0 saturated carbocycles. The minimum absolute atomic E-state index is 0.0759. The molecule has 0 fully saturated rings. The zero-order valence-corrected chi connectivity index (χ0v) is 25.9. The molecule has 0 aliphatic rings. The highest BCUT2D eigenvalue weighted by atomic mass is 32.2. The van der Waals surface area contributed by atoms with Crippen molar-refractivity contribution < 1.29 is 18.0 Å². The van der Waals surface area contributed by atoms with Crippen LogP contribution in [-0.2, 0) is 32.6 Å². The van der Waals surface area contributed by atoms with Crippen molar-refractivity contribution in [3.63, 3.8) is 0 Å². The van der Waals surface area contributed by atoms with Gasteiger partial charge in [-0.1, -0.05) is 97.1 Å². The van der Waals surface area contributed by atoms with Crippen molar-refractivity contribution >= 4 is 27.5 Å². The van der Waals surface area contributed by atoms with Crippen LogP contribution in [0.1, 0.15) is 37.5 Å². The molecule has 0 aliphatic heterocycles. The molecule has 8 heteroatoms. The van der Waals surface area contributed by atoms with Gasteiger partial charge in [0.05, 0.1) is 10.6 Å². The number of rotatable bonds is 11. The molecule has 4 aromatic rings. The summed E-state index contributed by atoms with van der Waals surface area (Å²) in [5, 5.41) is 3.05. The predicted octanol–water partition coefficient (Wildman–Crippen LogP) is 5.75. The number of carbonyl (C=O) groups is 2. The number of benzene rings is 4. The van der Waals surface area contributed by atoms with E-state index in [1.807, 2.05) is 100 Å². The van der Waals surface area contributed by atoms with Crippen molar-refractivity contribution in [1.82, 2.24) is 10.2 Å². The van der Waals surface area contributed by atoms with Gasteiger partial charge in [-0.25, -0.2) is 8.42 Å². The lowest BCUT2D eigenvalue weighted by atomic mass is 10.0. The van der Waals surface area contributed by atoms with Gasteiger partial charge >= 0.3 is 0 Å². The Morgan fingerprint density at radius 2 is 1.26 bits per heavy atom. The molecule has 0 heterocycles. The van der Waals surface area contributed by atoms with Crippen LogP contribution >= 0.6 is 0 Å². The van der Waals surface area contributed by atoms with Gasteiger partial charge in [-0.2, -0.15) is 0 Å². The number of hydrogen-bond acceptors (Lipinski definition) is 4. The standard InChI is InChI=1S/C35H39N3O4S/c1-27-16-14-15-23-31(27)38(43(41,42)30-21-12-7-13-22-30)26-33(39)37(25-29-19-10-6-11-20-29)32(34(40)36-35(2,3)4)24-28-17-8-5-9-18-28/h5-23,32H,24-26H2,1-4H3,(H,36,40).